The molecule has 0 saturated carbocycles. The third-order valence-corrected chi connectivity index (χ3v) is 2.13. The zero-order valence-electron chi connectivity index (χ0n) is 8.16. The van der Waals surface area contributed by atoms with Crippen LogP contribution >= 0.6 is 0 Å². The van der Waals surface area contributed by atoms with Crippen LogP contribution in [0, 0.1) is 0 Å². The van der Waals surface area contributed by atoms with Crippen molar-refractivity contribution in [2.75, 3.05) is 7.11 Å². The van der Waals surface area contributed by atoms with Gasteiger partial charge < -0.3 is 9.84 Å². The molecule has 1 atom stereocenters. The molecule has 0 aromatic heterocycles. The molecule has 0 aliphatic carbocycles. The topological polar surface area (TPSA) is 29.5 Å². The predicted molar refractivity (Wildman–Crippen MR) is 52.5 cm³/mol. The van der Waals surface area contributed by atoms with Gasteiger partial charge in [0.1, 0.15) is 0 Å². The maximum Gasteiger partial charge on any atom is 0.0681 e. The van der Waals surface area contributed by atoms with Gasteiger partial charge in [-0.1, -0.05) is 24.3 Å². The third-order valence-electron chi connectivity index (χ3n) is 2.13. The van der Waals surface area contributed by atoms with Crippen LogP contribution in [-0.4, -0.2) is 18.3 Å². The predicted octanol–water partition coefficient (Wildman–Crippen LogP) is 1.76. The minimum Gasteiger partial charge on any atom is -0.392 e. The van der Waals surface area contributed by atoms with E-state index in [0.29, 0.717) is 0 Å². The Morgan fingerprint density at radius 1 is 1.23 bits per heavy atom. The lowest BCUT2D eigenvalue weighted by Crippen LogP contribution is -2.08. The van der Waals surface area contributed by atoms with E-state index in [9.17, 15) is 0 Å². The second-order valence-corrected chi connectivity index (χ2v) is 3.23. The van der Waals surface area contributed by atoms with Crippen molar-refractivity contribution in [1.29, 1.82) is 0 Å². The van der Waals surface area contributed by atoms with E-state index < -0.39 is 0 Å². The highest BCUT2D eigenvalue weighted by atomic mass is 16.5. The SMILES string of the molecule is COC(C)Cc1ccc(CO)cc1. The van der Waals surface area contributed by atoms with Crippen LogP contribution in [-0.2, 0) is 17.8 Å². The van der Waals surface area contributed by atoms with Gasteiger partial charge >= 0.3 is 0 Å². The Hall–Kier alpha value is -0.860. The van der Waals surface area contributed by atoms with Crippen molar-refractivity contribution in [3.05, 3.63) is 35.4 Å². The molecule has 1 N–H and O–H groups in total. The van der Waals surface area contributed by atoms with E-state index in [1.54, 1.807) is 7.11 Å². The van der Waals surface area contributed by atoms with Crippen LogP contribution < -0.4 is 0 Å². The fraction of sp³-hybridized carbons (Fsp3) is 0.455. The van der Waals surface area contributed by atoms with Gasteiger partial charge in [0.25, 0.3) is 0 Å². The zero-order valence-corrected chi connectivity index (χ0v) is 8.16. The largest absolute Gasteiger partial charge is 0.392 e. The van der Waals surface area contributed by atoms with E-state index in [1.807, 2.05) is 31.2 Å². The summed E-state index contributed by atoms with van der Waals surface area (Å²) in [7, 11) is 1.72. The maximum absolute atomic E-state index is 8.83. The van der Waals surface area contributed by atoms with Crippen LogP contribution in [0.3, 0.4) is 0 Å². The number of aliphatic hydroxyl groups excluding tert-OH is 1. The molecule has 2 nitrogen and oxygen atoms in total. The first-order valence-corrected chi connectivity index (χ1v) is 4.47. The van der Waals surface area contributed by atoms with Crippen LogP contribution in [0.2, 0.25) is 0 Å². The summed E-state index contributed by atoms with van der Waals surface area (Å²) in [6, 6.07) is 7.94. The molecule has 0 heterocycles. The van der Waals surface area contributed by atoms with Crippen LogP contribution in [0.1, 0.15) is 18.1 Å². The van der Waals surface area contributed by atoms with Crippen molar-refractivity contribution in [2.45, 2.75) is 26.1 Å². The van der Waals surface area contributed by atoms with Crippen molar-refractivity contribution >= 4 is 0 Å². The summed E-state index contributed by atoms with van der Waals surface area (Å²) in [6.07, 6.45) is 1.17. The quantitative estimate of drug-likeness (QED) is 0.765. The standard InChI is InChI=1S/C11H16O2/c1-9(13-2)7-10-3-5-11(8-12)6-4-10/h3-6,9,12H,7-8H2,1-2H3. The van der Waals surface area contributed by atoms with E-state index in [-0.39, 0.29) is 12.7 Å². The number of methoxy groups -OCH3 is 1. The van der Waals surface area contributed by atoms with Gasteiger partial charge in [-0.15, -0.1) is 0 Å². The number of rotatable bonds is 4. The Balaban J connectivity index is 2.58. The van der Waals surface area contributed by atoms with Crippen LogP contribution in [0.15, 0.2) is 24.3 Å². The van der Waals surface area contributed by atoms with Gasteiger partial charge in [-0.3, -0.25) is 0 Å². The smallest absolute Gasteiger partial charge is 0.0681 e. The molecule has 72 valence electrons. The number of benzene rings is 1. The first kappa shape index (κ1) is 10.2. The minimum absolute atomic E-state index is 0.111. The Morgan fingerprint density at radius 2 is 1.77 bits per heavy atom. The van der Waals surface area contributed by atoms with Crippen LogP contribution in [0.5, 0.6) is 0 Å². The van der Waals surface area contributed by atoms with Crippen molar-refractivity contribution < 1.29 is 9.84 Å². The molecule has 0 amide bonds. The molecule has 1 unspecified atom stereocenters. The summed E-state index contributed by atoms with van der Waals surface area (Å²) in [5.74, 6) is 0. The molecule has 1 aromatic carbocycles. The average molecular weight is 180 g/mol. The van der Waals surface area contributed by atoms with Crippen molar-refractivity contribution in [3.8, 4) is 0 Å². The molecule has 0 bridgehead atoms. The van der Waals surface area contributed by atoms with Crippen LogP contribution in [0.25, 0.3) is 0 Å². The molecular formula is C11H16O2. The lowest BCUT2D eigenvalue weighted by molar-refractivity contribution is 0.119. The van der Waals surface area contributed by atoms with Gasteiger partial charge in [0, 0.05) is 7.11 Å². The second kappa shape index (κ2) is 5.00. The summed E-state index contributed by atoms with van der Waals surface area (Å²) in [5, 5.41) is 8.83. The Labute approximate surface area is 79.2 Å². The molecule has 1 aromatic rings. The normalized spacial score (nSPS) is 12.8. The van der Waals surface area contributed by atoms with Gasteiger partial charge in [-0.25, -0.2) is 0 Å². The lowest BCUT2D eigenvalue weighted by atomic mass is 10.1. The molecule has 0 aliphatic rings. The molecule has 0 saturated heterocycles. The number of ether oxygens (including phenoxy) is 1. The molecule has 0 radical (unpaired) electrons. The Bertz CT molecular complexity index is 241. The summed E-state index contributed by atoms with van der Waals surface area (Å²) in [5.41, 5.74) is 2.19. The molecule has 2 heteroatoms. The Morgan fingerprint density at radius 3 is 2.23 bits per heavy atom. The molecule has 0 fully saturated rings. The zero-order chi connectivity index (χ0) is 9.68. The highest BCUT2D eigenvalue weighted by molar-refractivity contribution is 5.22. The van der Waals surface area contributed by atoms with E-state index >= 15 is 0 Å². The minimum atomic E-state index is 0.111. The molecular weight excluding hydrogens is 164 g/mol. The van der Waals surface area contributed by atoms with E-state index in [2.05, 4.69) is 0 Å². The summed E-state index contributed by atoms with van der Waals surface area (Å²) >= 11 is 0. The van der Waals surface area contributed by atoms with Crippen molar-refractivity contribution in [1.82, 2.24) is 0 Å². The summed E-state index contributed by atoms with van der Waals surface area (Å²) in [6.45, 7) is 2.15. The molecule has 0 spiro atoms. The van der Waals surface area contributed by atoms with Gasteiger partial charge in [0.05, 0.1) is 12.7 Å². The number of hydrogen-bond acceptors (Lipinski definition) is 2. The van der Waals surface area contributed by atoms with E-state index in [1.165, 1.54) is 5.56 Å². The molecule has 0 aliphatic heterocycles. The summed E-state index contributed by atoms with van der Waals surface area (Å²) in [4.78, 5) is 0. The second-order valence-electron chi connectivity index (χ2n) is 3.23. The summed E-state index contributed by atoms with van der Waals surface area (Å²) < 4.78 is 5.16. The number of hydrogen-bond donors (Lipinski definition) is 1. The fourth-order valence-electron chi connectivity index (χ4n) is 1.20. The maximum atomic E-state index is 8.83. The third kappa shape index (κ3) is 3.17. The van der Waals surface area contributed by atoms with Crippen molar-refractivity contribution in [3.63, 3.8) is 0 Å². The highest BCUT2D eigenvalue weighted by Gasteiger charge is 2.00. The van der Waals surface area contributed by atoms with Gasteiger partial charge in [0.15, 0.2) is 0 Å². The fourth-order valence-corrected chi connectivity index (χ4v) is 1.20. The molecule has 13 heavy (non-hydrogen) atoms. The van der Waals surface area contributed by atoms with Crippen molar-refractivity contribution in [2.24, 2.45) is 0 Å². The monoisotopic (exact) mass is 180 g/mol. The molecule has 1 rings (SSSR count). The van der Waals surface area contributed by atoms with Gasteiger partial charge in [-0.2, -0.15) is 0 Å². The van der Waals surface area contributed by atoms with E-state index in [0.717, 1.165) is 12.0 Å². The first-order chi connectivity index (χ1) is 6.26. The lowest BCUT2D eigenvalue weighted by Gasteiger charge is -2.09. The highest BCUT2D eigenvalue weighted by Crippen LogP contribution is 2.07. The van der Waals surface area contributed by atoms with E-state index in [4.69, 9.17) is 9.84 Å². The van der Waals surface area contributed by atoms with Gasteiger partial charge in [0.2, 0.25) is 0 Å². The van der Waals surface area contributed by atoms with Crippen LogP contribution in [0.4, 0.5) is 0 Å². The van der Waals surface area contributed by atoms with Gasteiger partial charge in [-0.05, 0) is 24.5 Å². The Kier molecular flexibility index (Phi) is 3.93. The number of aliphatic hydroxyl groups is 1. The average Bonchev–Trinajstić information content (AvgIpc) is 2.19. The first-order valence-electron chi connectivity index (χ1n) is 4.47.